The van der Waals surface area contributed by atoms with Gasteiger partial charge in [0.05, 0.1) is 11.8 Å². The van der Waals surface area contributed by atoms with Crippen LogP contribution in [-0.2, 0) is 4.79 Å². The molecule has 0 saturated heterocycles. The highest BCUT2D eigenvalue weighted by Crippen LogP contribution is 2.27. The van der Waals surface area contributed by atoms with Crippen LogP contribution in [0.15, 0.2) is 90.0 Å². The zero-order chi connectivity index (χ0) is 24.8. The number of benzene rings is 4. The van der Waals surface area contributed by atoms with Crippen molar-refractivity contribution in [3.05, 3.63) is 107 Å². The first-order valence-electron chi connectivity index (χ1n) is 11.0. The maximum atomic E-state index is 12.7. The Kier molecular flexibility index (Phi) is 7.43. The molecule has 0 aliphatic rings. The molecule has 7 heteroatoms. The number of hydrazone groups is 1. The standard InChI is InChI=1S/C28H23ClN2O4/c1-18-10-12-21(13-11-18)28(33)35-26-15-14-20-6-3-4-9-24(20)25(26)17-30-31-27(32)19(2)34-23-8-5-7-22(29)16-23/h3-17,19H,1-2H3,(H,31,32). The third-order valence-electron chi connectivity index (χ3n) is 5.27. The van der Waals surface area contributed by atoms with Gasteiger partial charge < -0.3 is 9.47 Å². The second-order valence-corrected chi connectivity index (χ2v) is 8.34. The number of hydrogen-bond acceptors (Lipinski definition) is 5. The molecular formula is C28H23ClN2O4. The molecule has 0 fully saturated rings. The number of nitrogens with zero attached hydrogens (tertiary/aromatic N) is 1. The van der Waals surface area contributed by atoms with Gasteiger partial charge in [0.1, 0.15) is 11.5 Å². The topological polar surface area (TPSA) is 77.0 Å². The van der Waals surface area contributed by atoms with Gasteiger partial charge in [-0.3, -0.25) is 4.79 Å². The molecule has 6 nitrogen and oxygen atoms in total. The first kappa shape index (κ1) is 24.0. The summed E-state index contributed by atoms with van der Waals surface area (Å²) in [7, 11) is 0. The van der Waals surface area contributed by atoms with E-state index in [0.29, 0.717) is 27.6 Å². The molecule has 1 atom stereocenters. The number of rotatable bonds is 7. The molecule has 4 rings (SSSR count). The van der Waals surface area contributed by atoms with Crippen LogP contribution in [0.2, 0.25) is 5.02 Å². The molecule has 0 saturated carbocycles. The van der Waals surface area contributed by atoms with Crippen LogP contribution in [0, 0.1) is 6.92 Å². The molecule has 4 aromatic rings. The summed E-state index contributed by atoms with van der Waals surface area (Å²) in [5.41, 5.74) is 4.53. The van der Waals surface area contributed by atoms with Crippen molar-refractivity contribution in [1.29, 1.82) is 0 Å². The van der Waals surface area contributed by atoms with E-state index in [1.54, 1.807) is 49.4 Å². The lowest BCUT2D eigenvalue weighted by Gasteiger charge is -2.13. The first-order valence-corrected chi connectivity index (χ1v) is 11.3. The largest absolute Gasteiger partial charge is 0.481 e. The second-order valence-electron chi connectivity index (χ2n) is 7.91. The fourth-order valence-corrected chi connectivity index (χ4v) is 3.58. The van der Waals surface area contributed by atoms with Crippen molar-refractivity contribution in [3.8, 4) is 11.5 Å². The number of esters is 1. The second kappa shape index (κ2) is 10.8. The van der Waals surface area contributed by atoms with Gasteiger partial charge in [-0.2, -0.15) is 5.10 Å². The van der Waals surface area contributed by atoms with Crippen LogP contribution in [0.25, 0.3) is 10.8 Å². The molecule has 0 aliphatic heterocycles. The minimum absolute atomic E-state index is 0.329. The van der Waals surface area contributed by atoms with E-state index < -0.39 is 18.0 Å². The number of halogens is 1. The molecule has 0 aliphatic carbocycles. The molecule has 4 aromatic carbocycles. The van der Waals surface area contributed by atoms with Crippen molar-refractivity contribution in [1.82, 2.24) is 5.43 Å². The fraction of sp³-hybridized carbons (Fsp3) is 0.107. The SMILES string of the molecule is Cc1ccc(C(=O)Oc2ccc3ccccc3c2C=NNC(=O)C(C)Oc2cccc(Cl)c2)cc1. The zero-order valence-corrected chi connectivity index (χ0v) is 20.0. The van der Waals surface area contributed by atoms with Crippen LogP contribution in [0.3, 0.4) is 0 Å². The van der Waals surface area contributed by atoms with Gasteiger partial charge in [-0.15, -0.1) is 0 Å². The predicted molar refractivity (Wildman–Crippen MR) is 137 cm³/mol. The van der Waals surface area contributed by atoms with Crippen molar-refractivity contribution >= 4 is 40.5 Å². The lowest BCUT2D eigenvalue weighted by Crippen LogP contribution is -2.33. The molecule has 1 amide bonds. The van der Waals surface area contributed by atoms with E-state index in [9.17, 15) is 9.59 Å². The van der Waals surface area contributed by atoms with Crippen molar-refractivity contribution < 1.29 is 19.1 Å². The molecule has 1 unspecified atom stereocenters. The summed E-state index contributed by atoms with van der Waals surface area (Å²) in [5.74, 6) is -0.124. The van der Waals surface area contributed by atoms with E-state index in [1.807, 2.05) is 49.4 Å². The van der Waals surface area contributed by atoms with Crippen molar-refractivity contribution in [2.24, 2.45) is 5.10 Å². The van der Waals surface area contributed by atoms with Crippen molar-refractivity contribution in [3.63, 3.8) is 0 Å². The van der Waals surface area contributed by atoms with E-state index in [1.165, 1.54) is 6.21 Å². The summed E-state index contributed by atoms with van der Waals surface area (Å²) in [6.07, 6.45) is 0.654. The minimum atomic E-state index is -0.808. The van der Waals surface area contributed by atoms with E-state index in [0.717, 1.165) is 16.3 Å². The lowest BCUT2D eigenvalue weighted by atomic mass is 10.0. The summed E-state index contributed by atoms with van der Waals surface area (Å²) in [5, 5.41) is 6.37. The van der Waals surface area contributed by atoms with Gasteiger partial charge in [0.25, 0.3) is 5.91 Å². The van der Waals surface area contributed by atoms with Gasteiger partial charge in [0, 0.05) is 10.6 Å². The number of ether oxygens (including phenoxy) is 2. The van der Waals surface area contributed by atoms with E-state index in [-0.39, 0.29) is 0 Å². The summed E-state index contributed by atoms with van der Waals surface area (Å²) in [4.78, 5) is 25.2. The third-order valence-corrected chi connectivity index (χ3v) is 5.50. The van der Waals surface area contributed by atoms with Gasteiger partial charge >= 0.3 is 5.97 Å². The van der Waals surface area contributed by atoms with Gasteiger partial charge in [-0.05, 0) is 61.0 Å². The minimum Gasteiger partial charge on any atom is -0.481 e. The number of amides is 1. The average Bonchev–Trinajstić information content (AvgIpc) is 2.85. The van der Waals surface area contributed by atoms with Gasteiger partial charge in [0.2, 0.25) is 0 Å². The molecule has 0 aromatic heterocycles. The number of carbonyl (C=O) groups is 2. The Morgan fingerprint density at radius 3 is 2.51 bits per heavy atom. The molecule has 1 N–H and O–H groups in total. The monoisotopic (exact) mass is 486 g/mol. The molecule has 35 heavy (non-hydrogen) atoms. The van der Waals surface area contributed by atoms with Crippen LogP contribution < -0.4 is 14.9 Å². The summed E-state index contributed by atoms with van der Waals surface area (Å²) < 4.78 is 11.3. The molecule has 0 radical (unpaired) electrons. The average molecular weight is 487 g/mol. The highest BCUT2D eigenvalue weighted by atomic mass is 35.5. The Morgan fingerprint density at radius 2 is 1.74 bits per heavy atom. The third kappa shape index (κ3) is 6.05. The van der Waals surface area contributed by atoms with Crippen LogP contribution in [0.4, 0.5) is 0 Å². The predicted octanol–water partition coefficient (Wildman–Crippen LogP) is 5.94. The highest BCUT2D eigenvalue weighted by molar-refractivity contribution is 6.30. The quantitative estimate of drug-likeness (QED) is 0.152. The number of nitrogens with one attached hydrogen (secondary N) is 1. The molecule has 0 spiro atoms. The molecule has 0 bridgehead atoms. The summed E-state index contributed by atoms with van der Waals surface area (Å²) in [6, 6.07) is 25.1. The number of carbonyl (C=O) groups excluding carboxylic acids is 2. The Morgan fingerprint density at radius 1 is 0.971 bits per heavy atom. The highest BCUT2D eigenvalue weighted by Gasteiger charge is 2.16. The summed E-state index contributed by atoms with van der Waals surface area (Å²) >= 11 is 5.96. The maximum Gasteiger partial charge on any atom is 0.343 e. The van der Waals surface area contributed by atoms with Crippen LogP contribution in [0.5, 0.6) is 11.5 Å². The lowest BCUT2D eigenvalue weighted by molar-refractivity contribution is -0.127. The summed E-state index contributed by atoms with van der Waals surface area (Å²) in [6.45, 7) is 3.56. The fourth-order valence-electron chi connectivity index (χ4n) is 3.40. The van der Waals surface area contributed by atoms with Crippen LogP contribution in [0.1, 0.15) is 28.4 Å². The maximum absolute atomic E-state index is 12.7. The molecule has 176 valence electrons. The van der Waals surface area contributed by atoms with Gasteiger partial charge in [0.15, 0.2) is 6.10 Å². The first-order chi connectivity index (χ1) is 16.9. The Hall–Kier alpha value is -4.16. The smallest absolute Gasteiger partial charge is 0.343 e. The van der Waals surface area contributed by atoms with E-state index in [4.69, 9.17) is 21.1 Å². The Labute approximate surface area is 208 Å². The van der Waals surface area contributed by atoms with Gasteiger partial charge in [-0.1, -0.05) is 65.7 Å². The van der Waals surface area contributed by atoms with Crippen LogP contribution >= 0.6 is 11.6 Å². The number of fused-ring (bicyclic) bond motifs is 1. The van der Waals surface area contributed by atoms with Gasteiger partial charge in [-0.25, -0.2) is 10.2 Å². The van der Waals surface area contributed by atoms with E-state index >= 15 is 0 Å². The number of hydrogen-bond donors (Lipinski definition) is 1. The Balaban J connectivity index is 1.53. The normalized spacial score (nSPS) is 11.9. The Bertz CT molecular complexity index is 1400. The van der Waals surface area contributed by atoms with E-state index in [2.05, 4.69) is 10.5 Å². The van der Waals surface area contributed by atoms with Crippen molar-refractivity contribution in [2.75, 3.05) is 0 Å². The van der Waals surface area contributed by atoms with Crippen molar-refractivity contribution in [2.45, 2.75) is 20.0 Å². The number of aryl methyl sites for hydroxylation is 1. The zero-order valence-electron chi connectivity index (χ0n) is 19.2. The van der Waals surface area contributed by atoms with Crippen LogP contribution in [-0.4, -0.2) is 24.2 Å². The molecule has 0 heterocycles. The molecular weight excluding hydrogens is 464 g/mol.